The number of hydrogen-bond acceptors (Lipinski definition) is 4. The van der Waals surface area contributed by atoms with Crippen molar-refractivity contribution in [2.75, 3.05) is 13.1 Å². The first-order valence-electron chi connectivity index (χ1n) is 8.51. The molecule has 3 rings (SSSR count). The lowest BCUT2D eigenvalue weighted by Crippen LogP contribution is -2.41. The molecule has 0 aromatic carbocycles. The molecule has 2 fully saturated rings. The van der Waals surface area contributed by atoms with Crippen molar-refractivity contribution >= 4 is 17.7 Å². The standard InChI is InChI=1S/C16H26N4OS/c1-11-7-9-20(10-8-11)15(21)12(2)22-16-17-14(18-19-16)13-5-3-4-6-13/h11-13H,3-10H2,1-2H3,(H,17,18,19). The summed E-state index contributed by atoms with van der Waals surface area (Å²) in [7, 11) is 0. The van der Waals surface area contributed by atoms with E-state index in [4.69, 9.17) is 0 Å². The molecule has 1 N–H and O–H groups in total. The summed E-state index contributed by atoms with van der Waals surface area (Å²) in [6, 6.07) is 0. The lowest BCUT2D eigenvalue weighted by Gasteiger charge is -2.31. The summed E-state index contributed by atoms with van der Waals surface area (Å²) >= 11 is 1.48. The molecule has 22 heavy (non-hydrogen) atoms. The van der Waals surface area contributed by atoms with Crippen LogP contribution in [0.1, 0.15) is 64.1 Å². The molecule has 0 radical (unpaired) electrons. The van der Waals surface area contributed by atoms with Crippen LogP contribution in [0.4, 0.5) is 0 Å². The summed E-state index contributed by atoms with van der Waals surface area (Å²) < 4.78 is 0. The van der Waals surface area contributed by atoms with Crippen LogP contribution in [-0.2, 0) is 4.79 Å². The van der Waals surface area contributed by atoms with Gasteiger partial charge in [-0.05, 0) is 38.5 Å². The maximum absolute atomic E-state index is 12.5. The predicted octanol–water partition coefficient (Wildman–Crippen LogP) is 3.20. The molecule has 1 unspecified atom stereocenters. The summed E-state index contributed by atoms with van der Waals surface area (Å²) in [4.78, 5) is 19.1. The van der Waals surface area contributed by atoms with E-state index in [0.29, 0.717) is 11.1 Å². The second-order valence-electron chi connectivity index (χ2n) is 6.75. The minimum atomic E-state index is -0.111. The van der Waals surface area contributed by atoms with E-state index in [-0.39, 0.29) is 11.2 Å². The zero-order valence-corrected chi connectivity index (χ0v) is 14.4. The van der Waals surface area contributed by atoms with Crippen molar-refractivity contribution in [2.45, 2.75) is 68.7 Å². The topological polar surface area (TPSA) is 61.9 Å². The highest BCUT2D eigenvalue weighted by Crippen LogP contribution is 2.33. The molecule has 6 heteroatoms. The van der Waals surface area contributed by atoms with Gasteiger partial charge in [0.25, 0.3) is 0 Å². The Kier molecular flexibility index (Phi) is 5.06. The SMILES string of the molecule is CC1CCN(C(=O)C(C)Sc2n[nH]c(C3CCCC3)n2)CC1. The molecule has 1 aromatic rings. The van der Waals surface area contributed by atoms with Crippen molar-refractivity contribution in [3.63, 3.8) is 0 Å². The van der Waals surface area contributed by atoms with Gasteiger partial charge in [0.1, 0.15) is 5.82 Å². The van der Waals surface area contributed by atoms with Crippen LogP contribution in [0.2, 0.25) is 0 Å². The number of piperidine rings is 1. The van der Waals surface area contributed by atoms with Crippen LogP contribution in [0.15, 0.2) is 5.16 Å². The quantitative estimate of drug-likeness (QED) is 0.865. The molecular weight excluding hydrogens is 296 g/mol. The number of likely N-dealkylation sites (tertiary alicyclic amines) is 1. The van der Waals surface area contributed by atoms with Crippen LogP contribution in [0.5, 0.6) is 0 Å². The maximum atomic E-state index is 12.5. The third-order valence-electron chi connectivity index (χ3n) is 4.95. The summed E-state index contributed by atoms with van der Waals surface area (Å²) in [6.07, 6.45) is 7.23. The summed E-state index contributed by atoms with van der Waals surface area (Å²) in [5.74, 6) is 2.51. The van der Waals surface area contributed by atoms with Crippen LogP contribution in [0.25, 0.3) is 0 Å². The molecule has 1 aliphatic heterocycles. The molecular formula is C16H26N4OS. The van der Waals surface area contributed by atoms with Crippen molar-refractivity contribution in [3.8, 4) is 0 Å². The molecule has 0 bridgehead atoms. The van der Waals surface area contributed by atoms with Crippen molar-refractivity contribution in [2.24, 2.45) is 5.92 Å². The largest absolute Gasteiger partial charge is 0.342 e. The van der Waals surface area contributed by atoms with Crippen molar-refractivity contribution in [1.82, 2.24) is 20.1 Å². The third kappa shape index (κ3) is 3.65. The molecule has 2 heterocycles. The lowest BCUT2D eigenvalue weighted by atomic mass is 9.99. The number of nitrogens with zero attached hydrogens (tertiary/aromatic N) is 3. The summed E-state index contributed by atoms with van der Waals surface area (Å²) in [5.41, 5.74) is 0. The molecule has 2 aliphatic rings. The molecule has 1 amide bonds. The van der Waals surface area contributed by atoms with Gasteiger partial charge in [-0.25, -0.2) is 4.98 Å². The highest BCUT2D eigenvalue weighted by molar-refractivity contribution is 8.00. The van der Waals surface area contributed by atoms with Gasteiger partial charge < -0.3 is 4.90 Å². The Balaban J connectivity index is 1.54. The molecule has 1 aromatic heterocycles. The normalized spacial score (nSPS) is 22.2. The van der Waals surface area contributed by atoms with Gasteiger partial charge in [0, 0.05) is 19.0 Å². The highest BCUT2D eigenvalue weighted by atomic mass is 32.2. The van der Waals surface area contributed by atoms with Gasteiger partial charge in [-0.15, -0.1) is 5.10 Å². The van der Waals surface area contributed by atoms with Gasteiger partial charge in [0.2, 0.25) is 11.1 Å². The Bertz CT molecular complexity index is 504. The van der Waals surface area contributed by atoms with Crippen molar-refractivity contribution < 1.29 is 4.79 Å². The van der Waals surface area contributed by atoms with E-state index in [1.54, 1.807) is 0 Å². The first-order valence-corrected chi connectivity index (χ1v) is 9.39. The maximum Gasteiger partial charge on any atom is 0.235 e. The van der Waals surface area contributed by atoms with E-state index < -0.39 is 0 Å². The fourth-order valence-corrected chi connectivity index (χ4v) is 4.20. The number of rotatable bonds is 4. The molecule has 5 nitrogen and oxygen atoms in total. The van der Waals surface area contributed by atoms with Crippen molar-refractivity contribution in [1.29, 1.82) is 0 Å². The van der Waals surface area contributed by atoms with E-state index in [2.05, 4.69) is 22.1 Å². The van der Waals surface area contributed by atoms with Crippen LogP contribution in [0.3, 0.4) is 0 Å². The third-order valence-corrected chi connectivity index (χ3v) is 5.90. The van der Waals surface area contributed by atoms with Gasteiger partial charge >= 0.3 is 0 Å². The summed E-state index contributed by atoms with van der Waals surface area (Å²) in [5, 5.41) is 7.97. The van der Waals surface area contributed by atoms with Crippen LogP contribution >= 0.6 is 11.8 Å². The van der Waals surface area contributed by atoms with Crippen LogP contribution < -0.4 is 0 Å². The molecule has 1 saturated heterocycles. The Labute approximate surface area is 136 Å². The average Bonchev–Trinajstić information content (AvgIpc) is 3.18. The zero-order chi connectivity index (χ0) is 15.5. The number of amides is 1. The lowest BCUT2D eigenvalue weighted by molar-refractivity contribution is -0.131. The fraction of sp³-hybridized carbons (Fsp3) is 0.812. The van der Waals surface area contributed by atoms with Gasteiger partial charge in [-0.1, -0.05) is 31.5 Å². The minimum Gasteiger partial charge on any atom is -0.342 e. The second-order valence-corrected chi connectivity index (χ2v) is 8.06. The number of aromatic nitrogens is 3. The number of H-pyrrole nitrogens is 1. The second kappa shape index (κ2) is 7.02. The number of hydrogen-bond donors (Lipinski definition) is 1. The van der Waals surface area contributed by atoms with Crippen molar-refractivity contribution in [3.05, 3.63) is 5.82 Å². The number of thioether (sulfide) groups is 1. The van der Waals surface area contributed by atoms with E-state index in [0.717, 1.165) is 37.7 Å². The number of nitrogens with one attached hydrogen (secondary N) is 1. The zero-order valence-electron chi connectivity index (χ0n) is 13.5. The molecule has 122 valence electrons. The van der Waals surface area contributed by atoms with Crippen LogP contribution in [-0.4, -0.2) is 44.3 Å². The van der Waals surface area contributed by atoms with E-state index >= 15 is 0 Å². The Morgan fingerprint density at radius 3 is 2.64 bits per heavy atom. The van der Waals surface area contributed by atoms with Gasteiger partial charge in [0.15, 0.2) is 0 Å². The van der Waals surface area contributed by atoms with E-state index in [1.165, 1.54) is 37.4 Å². The Morgan fingerprint density at radius 2 is 1.95 bits per heavy atom. The molecule has 1 aliphatic carbocycles. The predicted molar refractivity (Wildman–Crippen MR) is 87.9 cm³/mol. The van der Waals surface area contributed by atoms with Crippen LogP contribution in [0, 0.1) is 5.92 Å². The fourth-order valence-electron chi connectivity index (χ4n) is 3.39. The number of carbonyl (C=O) groups is 1. The van der Waals surface area contributed by atoms with E-state index in [1.807, 2.05) is 11.8 Å². The molecule has 1 atom stereocenters. The Hall–Kier alpha value is -1.04. The van der Waals surface area contributed by atoms with Gasteiger partial charge in [-0.3, -0.25) is 9.89 Å². The number of carbonyl (C=O) groups excluding carboxylic acids is 1. The van der Waals surface area contributed by atoms with E-state index in [9.17, 15) is 4.79 Å². The highest BCUT2D eigenvalue weighted by Gasteiger charge is 2.27. The number of aromatic amines is 1. The smallest absolute Gasteiger partial charge is 0.235 e. The first-order chi connectivity index (χ1) is 10.6. The average molecular weight is 322 g/mol. The van der Waals surface area contributed by atoms with Gasteiger partial charge in [-0.2, -0.15) is 0 Å². The van der Waals surface area contributed by atoms with Gasteiger partial charge in [0.05, 0.1) is 5.25 Å². The summed E-state index contributed by atoms with van der Waals surface area (Å²) in [6.45, 7) is 6.02. The monoisotopic (exact) mass is 322 g/mol. The minimum absolute atomic E-state index is 0.111. The first kappa shape index (κ1) is 15.8. The molecule has 1 saturated carbocycles. The molecule has 0 spiro atoms. The Morgan fingerprint density at radius 1 is 1.27 bits per heavy atom.